The highest BCUT2D eigenvalue weighted by molar-refractivity contribution is 5.77. The molecule has 0 bridgehead atoms. The minimum Gasteiger partial charge on any atom is -0.483 e. The van der Waals surface area contributed by atoms with Crippen molar-refractivity contribution in [2.75, 3.05) is 6.61 Å². The van der Waals surface area contributed by atoms with Gasteiger partial charge in [0.15, 0.2) is 12.4 Å². The molecule has 0 aliphatic carbocycles. The van der Waals surface area contributed by atoms with Crippen molar-refractivity contribution in [3.05, 3.63) is 46.3 Å². The normalized spacial score (nSPS) is 10.5. The average Bonchev–Trinajstić information content (AvgIpc) is 2.81. The summed E-state index contributed by atoms with van der Waals surface area (Å²) in [6, 6.07) is 5.87. The first-order chi connectivity index (χ1) is 9.95. The van der Waals surface area contributed by atoms with Gasteiger partial charge in [-0.1, -0.05) is 22.9 Å². The van der Waals surface area contributed by atoms with Crippen LogP contribution in [0.4, 0.5) is 0 Å². The number of nitrogens with zero attached hydrogens (tertiary/aromatic N) is 1. The van der Waals surface area contributed by atoms with Crippen molar-refractivity contribution in [2.24, 2.45) is 0 Å². The molecule has 0 saturated carbocycles. The number of amides is 1. The van der Waals surface area contributed by atoms with Crippen molar-refractivity contribution >= 4 is 5.91 Å². The Morgan fingerprint density at radius 1 is 1.19 bits per heavy atom. The van der Waals surface area contributed by atoms with Gasteiger partial charge in [-0.3, -0.25) is 4.79 Å². The molecule has 1 aromatic carbocycles. The van der Waals surface area contributed by atoms with Gasteiger partial charge in [-0.15, -0.1) is 0 Å². The lowest BCUT2D eigenvalue weighted by molar-refractivity contribution is -0.123. The number of rotatable bonds is 5. The maximum Gasteiger partial charge on any atom is 0.258 e. The third-order valence-corrected chi connectivity index (χ3v) is 3.09. The van der Waals surface area contributed by atoms with Crippen molar-refractivity contribution in [3.8, 4) is 5.75 Å². The zero-order valence-corrected chi connectivity index (χ0v) is 12.8. The lowest BCUT2D eigenvalue weighted by atomic mass is 10.1. The second-order valence-corrected chi connectivity index (χ2v) is 5.23. The van der Waals surface area contributed by atoms with Gasteiger partial charge in [0.25, 0.3) is 5.91 Å². The second kappa shape index (κ2) is 6.43. The van der Waals surface area contributed by atoms with E-state index in [1.54, 1.807) is 6.07 Å². The summed E-state index contributed by atoms with van der Waals surface area (Å²) in [5.41, 5.74) is 4.04. The maximum absolute atomic E-state index is 11.8. The molecule has 1 heterocycles. The molecular weight excluding hydrogens is 268 g/mol. The van der Waals surface area contributed by atoms with E-state index < -0.39 is 0 Å². The Morgan fingerprint density at radius 2 is 1.86 bits per heavy atom. The molecule has 2 rings (SSSR count). The number of hydrogen-bond donors (Lipinski definition) is 1. The summed E-state index contributed by atoms with van der Waals surface area (Å²) in [4.78, 5) is 11.8. The molecule has 0 aliphatic rings. The zero-order valence-electron chi connectivity index (χ0n) is 12.8. The molecule has 0 radical (unpaired) electrons. The average molecular weight is 288 g/mol. The highest BCUT2D eigenvalue weighted by Gasteiger charge is 2.09. The highest BCUT2D eigenvalue weighted by atomic mass is 16.5. The van der Waals surface area contributed by atoms with Crippen molar-refractivity contribution in [3.63, 3.8) is 0 Å². The molecule has 112 valence electrons. The summed E-state index contributed by atoms with van der Waals surface area (Å²) in [6.07, 6.45) is 0. The molecule has 0 spiro atoms. The summed E-state index contributed by atoms with van der Waals surface area (Å²) in [5, 5.41) is 6.50. The summed E-state index contributed by atoms with van der Waals surface area (Å²) in [6.45, 7) is 8.12. The molecule has 1 N–H and O–H groups in total. The number of carbonyl (C=O) groups is 1. The lowest BCUT2D eigenvalue weighted by Gasteiger charge is -2.12. The van der Waals surface area contributed by atoms with Gasteiger partial charge >= 0.3 is 0 Å². The molecular formula is C16H20N2O3. The Hall–Kier alpha value is -2.30. The fourth-order valence-electron chi connectivity index (χ4n) is 2.27. The van der Waals surface area contributed by atoms with E-state index >= 15 is 0 Å². The van der Waals surface area contributed by atoms with Gasteiger partial charge in [0.1, 0.15) is 5.75 Å². The Bertz CT molecular complexity index is 624. The SMILES string of the molecule is Cc1cc(C)c(OCC(=O)NCc2cc(C)no2)c(C)c1. The fourth-order valence-corrected chi connectivity index (χ4v) is 2.27. The molecule has 1 amide bonds. The van der Waals surface area contributed by atoms with Crippen LogP contribution in [0.25, 0.3) is 0 Å². The number of carbonyl (C=O) groups excluding carboxylic acids is 1. The number of benzene rings is 1. The van der Waals surface area contributed by atoms with E-state index in [-0.39, 0.29) is 12.5 Å². The second-order valence-electron chi connectivity index (χ2n) is 5.23. The molecule has 0 saturated heterocycles. The van der Waals surface area contributed by atoms with Crippen molar-refractivity contribution < 1.29 is 14.1 Å². The van der Waals surface area contributed by atoms with Gasteiger partial charge in [0, 0.05) is 6.07 Å². The van der Waals surface area contributed by atoms with Gasteiger partial charge in [0.05, 0.1) is 12.2 Å². The molecule has 0 unspecified atom stereocenters. The first kappa shape index (κ1) is 15.1. The van der Waals surface area contributed by atoms with Crippen LogP contribution in [0.3, 0.4) is 0 Å². The molecule has 0 fully saturated rings. The quantitative estimate of drug-likeness (QED) is 0.918. The monoisotopic (exact) mass is 288 g/mol. The smallest absolute Gasteiger partial charge is 0.258 e. The maximum atomic E-state index is 11.8. The number of hydrogen-bond acceptors (Lipinski definition) is 4. The Kier molecular flexibility index (Phi) is 4.62. The first-order valence-electron chi connectivity index (χ1n) is 6.85. The van der Waals surface area contributed by atoms with Crippen LogP contribution in [-0.4, -0.2) is 17.7 Å². The highest BCUT2D eigenvalue weighted by Crippen LogP contribution is 2.24. The standard InChI is InChI=1S/C16H20N2O3/c1-10-5-11(2)16(12(3)6-10)20-9-15(19)17-8-14-7-13(4)18-21-14/h5-7H,8-9H2,1-4H3,(H,17,19). The van der Waals surface area contributed by atoms with E-state index in [1.165, 1.54) is 5.56 Å². The number of aryl methyl sites for hydroxylation is 4. The van der Waals surface area contributed by atoms with E-state index in [4.69, 9.17) is 9.26 Å². The molecule has 0 aliphatic heterocycles. The predicted octanol–water partition coefficient (Wildman–Crippen LogP) is 2.60. The van der Waals surface area contributed by atoms with Crippen LogP contribution in [0.15, 0.2) is 22.7 Å². The lowest BCUT2D eigenvalue weighted by Crippen LogP contribution is -2.28. The Balaban J connectivity index is 1.87. The van der Waals surface area contributed by atoms with E-state index in [0.29, 0.717) is 12.3 Å². The van der Waals surface area contributed by atoms with E-state index in [0.717, 1.165) is 22.6 Å². The summed E-state index contributed by atoms with van der Waals surface area (Å²) in [7, 11) is 0. The van der Waals surface area contributed by atoms with Gasteiger partial charge < -0.3 is 14.6 Å². The van der Waals surface area contributed by atoms with Crippen LogP contribution < -0.4 is 10.1 Å². The minimum atomic E-state index is -0.191. The zero-order chi connectivity index (χ0) is 15.4. The van der Waals surface area contributed by atoms with Crippen LogP contribution in [-0.2, 0) is 11.3 Å². The molecule has 5 heteroatoms. The van der Waals surface area contributed by atoms with Gasteiger partial charge in [-0.25, -0.2) is 0 Å². The Morgan fingerprint density at radius 3 is 2.43 bits per heavy atom. The Labute approximate surface area is 124 Å². The van der Waals surface area contributed by atoms with Gasteiger partial charge in [0.2, 0.25) is 0 Å². The third kappa shape index (κ3) is 4.08. The molecule has 1 aromatic heterocycles. The summed E-state index contributed by atoms with van der Waals surface area (Å²) >= 11 is 0. The number of ether oxygens (including phenoxy) is 1. The van der Waals surface area contributed by atoms with Crippen LogP contribution in [0.1, 0.15) is 28.1 Å². The topological polar surface area (TPSA) is 64.4 Å². The molecule has 21 heavy (non-hydrogen) atoms. The first-order valence-corrected chi connectivity index (χ1v) is 6.85. The molecule has 5 nitrogen and oxygen atoms in total. The third-order valence-electron chi connectivity index (χ3n) is 3.09. The van der Waals surface area contributed by atoms with Crippen LogP contribution >= 0.6 is 0 Å². The predicted molar refractivity (Wildman–Crippen MR) is 79.2 cm³/mol. The summed E-state index contributed by atoms with van der Waals surface area (Å²) in [5.74, 6) is 1.21. The van der Waals surface area contributed by atoms with Crippen molar-refractivity contribution in [1.82, 2.24) is 10.5 Å². The van der Waals surface area contributed by atoms with Crippen molar-refractivity contribution in [2.45, 2.75) is 34.2 Å². The van der Waals surface area contributed by atoms with Crippen molar-refractivity contribution in [1.29, 1.82) is 0 Å². The van der Waals surface area contributed by atoms with Crippen LogP contribution in [0.2, 0.25) is 0 Å². The number of aromatic nitrogens is 1. The molecule has 2 aromatic rings. The van der Waals surface area contributed by atoms with Crippen LogP contribution in [0, 0.1) is 27.7 Å². The van der Waals surface area contributed by atoms with E-state index in [1.807, 2.05) is 39.8 Å². The van der Waals surface area contributed by atoms with E-state index in [9.17, 15) is 4.79 Å². The molecule has 0 atom stereocenters. The number of nitrogens with one attached hydrogen (secondary N) is 1. The largest absolute Gasteiger partial charge is 0.483 e. The fraction of sp³-hybridized carbons (Fsp3) is 0.375. The van der Waals surface area contributed by atoms with Gasteiger partial charge in [-0.2, -0.15) is 0 Å². The minimum absolute atomic E-state index is 0.0160. The summed E-state index contributed by atoms with van der Waals surface area (Å²) < 4.78 is 10.6. The van der Waals surface area contributed by atoms with Gasteiger partial charge in [-0.05, 0) is 38.8 Å². The van der Waals surface area contributed by atoms with E-state index in [2.05, 4.69) is 10.5 Å². The van der Waals surface area contributed by atoms with Crippen LogP contribution in [0.5, 0.6) is 5.75 Å².